The number of rotatable bonds is 3. The Morgan fingerprint density at radius 3 is 2.74 bits per heavy atom. The van der Waals surface area contributed by atoms with Gasteiger partial charge in [0.25, 0.3) is 5.91 Å². The molecule has 1 unspecified atom stereocenters. The monoisotopic (exact) mass is 262 g/mol. The SMILES string of the molecule is CC(NC(=O)c1cc(O)ccc1N)C1CCCCC1. The number of nitrogen functional groups attached to an aromatic ring is 1. The van der Waals surface area contributed by atoms with Crippen LogP contribution in [0.2, 0.25) is 0 Å². The van der Waals surface area contributed by atoms with Gasteiger partial charge in [-0.05, 0) is 43.9 Å². The van der Waals surface area contributed by atoms with E-state index in [0.29, 0.717) is 17.2 Å². The van der Waals surface area contributed by atoms with Crippen molar-refractivity contribution in [3.05, 3.63) is 23.8 Å². The van der Waals surface area contributed by atoms with Crippen molar-refractivity contribution < 1.29 is 9.90 Å². The standard InChI is InChI=1S/C15H22N2O2/c1-10(11-5-3-2-4-6-11)17-15(19)13-9-12(18)7-8-14(13)16/h7-11,18H,2-6,16H2,1H3,(H,17,19). The zero-order chi connectivity index (χ0) is 13.8. The summed E-state index contributed by atoms with van der Waals surface area (Å²) in [5.41, 5.74) is 6.52. The lowest BCUT2D eigenvalue weighted by Gasteiger charge is -2.28. The molecule has 1 saturated carbocycles. The Morgan fingerprint density at radius 2 is 2.05 bits per heavy atom. The Morgan fingerprint density at radius 1 is 1.37 bits per heavy atom. The smallest absolute Gasteiger partial charge is 0.253 e. The van der Waals surface area contributed by atoms with Gasteiger partial charge in [-0.1, -0.05) is 19.3 Å². The van der Waals surface area contributed by atoms with Gasteiger partial charge in [0.15, 0.2) is 0 Å². The lowest BCUT2D eigenvalue weighted by atomic mass is 9.84. The third kappa shape index (κ3) is 3.40. The number of anilines is 1. The number of benzene rings is 1. The number of amides is 1. The summed E-state index contributed by atoms with van der Waals surface area (Å²) in [4.78, 5) is 12.2. The van der Waals surface area contributed by atoms with Gasteiger partial charge in [-0.2, -0.15) is 0 Å². The maximum atomic E-state index is 12.2. The zero-order valence-electron chi connectivity index (χ0n) is 11.4. The fourth-order valence-electron chi connectivity index (χ4n) is 2.78. The first kappa shape index (κ1) is 13.7. The van der Waals surface area contributed by atoms with E-state index in [1.54, 1.807) is 6.07 Å². The van der Waals surface area contributed by atoms with Crippen LogP contribution >= 0.6 is 0 Å². The van der Waals surface area contributed by atoms with Gasteiger partial charge in [-0.15, -0.1) is 0 Å². The average molecular weight is 262 g/mol. The van der Waals surface area contributed by atoms with Crippen LogP contribution in [0.1, 0.15) is 49.4 Å². The third-order valence-electron chi connectivity index (χ3n) is 4.00. The summed E-state index contributed by atoms with van der Waals surface area (Å²) in [6.07, 6.45) is 6.16. The van der Waals surface area contributed by atoms with Gasteiger partial charge >= 0.3 is 0 Å². The van der Waals surface area contributed by atoms with Crippen LogP contribution in [0.4, 0.5) is 5.69 Å². The third-order valence-corrected chi connectivity index (χ3v) is 4.00. The van der Waals surface area contributed by atoms with Gasteiger partial charge in [0.2, 0.25) is 0 Å². The van der Waals surface area contributed by atoms with E-state index in [2.05, 4.69) is 5.32 Å². The number of phenolic OH excluding ortho intramolecular Hbond substituents is 1. The number of nitrogens with one attached hydrogen (secondary N) is 1. The minimum Gasteiger partial charge on any atom is -0.508 e. The largest absolute Gasteiger partial charge is 0.508 e. The Hall–Kier alpha value is -1.71. The Balaban J connectivity index is 2.01. The molecule has 4 N–H and O–H groups in total. The summed E-state index contributed by atoms with van der Waals surface area (Å²) >= 11 is 0. The molecule has 0 heterocycles. The summed E-state index contributed by atoms with van der Waals surface area (Å²) in [6.45, 7) is 2.05. The maximum absolute atomic E-state index is 12.2. The molecule has 0 aliphatic heterocycles. The van der Waals surface area contributed by atoms with E-state index in [0.717, 1.165) is 0 Å². The average Bonchev–Trinajstić information content (AvgIpc) is 2.42. The molecule has 1 amide bonds. The molecule has 19 heavy (non-hydrogen) atoms. The van der Waals surface area contributed by atoms with Crippen LogP contribution in [0.5, 0.6) is 5.75 Å². The minimum absolute atomic E-state index is 0.0599. The first-order chi connectivity index (χ1) is 9.08. The lowest BCUT2D eigenvalue weighted by Crippen LogP contribution is -2.39. The predicted octanol–water partition coefficient (Wildman–Crippen LogP) is 2.67. The highest BCUT2D eigenvalue weighted by Gasteiger charge is 2.22. The number of aromatic hydroxyl groups is 1. The first-order valence-corrected chi connectivity index (χ1v) is 6.97. The summed E-state index contributed by atoms with van der Waals surface area (Å²) in [6, 6.07) is 4.60. The second kappa shape index (κ2) is 5.95. The second-order valence-electron chi connectivity index (χ2n) is 5.43. The Labute approximate surface area is 114 Å². The van der Waals surface area contributed by atoms with Crippen molar-refractivity contribution in [3.8, 4) is 5.75 Å². The van der Waals surface area contributed by atoms with Crippen molar-refractivity contribution in [2.24, 2.45) is 5.92 Å². The van der Waals surface area contributed by atoms with E-state index in [1.807, 2.05) is 6.92 Å². The van der Waals surface area contributed by atoms with E-state index in [1.165, 1.54) is 44.2 Å². The van der Waals surface area contributed by atoms with Gasteiger partial charge in [0.05, 0.1) is 5.56 Å². The number of hydrogen-bond donors (Lipinski definition) is 3. The fraction of sp³-hybridized carbons (Fsp3) is 0.533. The molecule has 1 aromatic carbocycles. The second-order valence-corrected chi connectivity index (χ2v) is 5.43. The lowest BCUT2D eigenvalue weighted by molar-refractivity contribution is 0.0920. The van der Waals surface area contributed by atoms with Gasteiger partial charge in [-0.25, -0.2) is 0 Å². The highest BCUT2D eigenvalue weighted by Crippen LogP contribution is 2.27. The quantitative estimate of drug-likeness (QED) is 0.579. The fourth-order valence-corrected chi connectivity index (χ4v) is 2.78. The summed E-state index contributed by atoms with van der Waals surface area (Å²) in [5, 5.41) is 12.4. The summed E-state index contributed by atoms with van der Waals surface area (Å²) in [7, 11) is 0. The molecule has 0 radical (unpaired) electrons. The predicted molar refractivity (Wildman–Crippen MR) is 76.0 cm³/mol. The Bertz CT molecular complexity index is 453. The molecular weight excluding hydrogens is 240 g/mol. The van der Waals surface area contributed by atoms with Crippen molar-refractivity contribution in [2.75, 3.05) is 5.73 Å². The van der Waals surface area contributed by atoms with Gasteiger partial charge in [0, 0.05) is 11.7 Å². The summed E-state index contributed by atoms with van der Waals surface area (Å²) < 4.78 is 0. The van der Waals surface area contributed by atoms with Gasteiger partial charge < -0.3 is 16.2 Å². The number of phenols is 1. The molecule has 4 nitrogen and oxygen atoms in total. The van der Waals surface area contributed by atoms with Crippen LogP contribution in [-0.2, 0) is 0 Å². The molecule has 2 rings (SSSR count). The zero-order valence-corrected chi connectivity index (χ0v) is 11.4. The molecule has 0 saturated heterocycles. The molecule has 1 aromatic rings. The normalized spacial score (nSPS) is 17.9. The van der Waals surface area contributed by atoms with Gasteiger partial charge in [-0.3, -0.25) is 4.79 Å². The van der Waals surface area contributed by atoms with Crippen LogP contribution in [-0.4, -0.2) is 17.1 Å². The maximum Gasteiger partial charge on any atom is 0.253 e. The van der Waals surface area contributed by atoms with Crippen LogP contribution in [0.25, 0.3) is 0 Å². The van der Waals surface area contributed by atoms with Crippen LogP contribution in [0, 0.1) is 5.92 Å². The topological polar surface area (TPSA) is 75.3 Å². The molecule has 1 aliphatic rings. The van der Waals surface area contributed by atoms with E-state index in [-0.39, 0.29) is 17.7 Å². The van der Waals surface area contributed by atoms with Crippen LogP contribution in [0.3, 0.4) is 0 Å². The van der Waals surface area contributed by atoms with Crippen molar-refractivity contribution >= 4 is 11.6 Å². The number of carbonyl (C=O) groups is 1. The minimum atomic E-state index is -0.202. The summed E-state index contributed by atoms with van der Waals surface area (Å²) in [5.74, 6) is 0.410. The molecular formula is C15H22N2O2. The molecule has 1 aliphatic carbocycles. The molecule has 1 atom stereocenters. The molecule has 1 fully saturated rings. The van der Waals surface area contributed by atoms with Crippen LogP contribution in [0.15, 0.2) is 18.2 Å². The van der Waals surface area contributed by atoms with E-state index in [4.69, 9.17) is 5.73 Å². The highest BCUT2D eigenvalue weighted by molar-refractivity contribution is 5.99. The molecule has 0 aromatic heterocycles. The first-order valence-electron chi connectivity index (χ1n) is 6.97. The highest BCUT2D eigenvalue weighted by atomic mass is 16.3. The molecule has 104 valence electrons. The number of carbonyl (C=O) groups excluding carboxylic acids is 1. The molecule has 0 spiro atoms. The van der Waals surface area contributed by atoms with E-state index >= 15 is 0 Å². The van der Waals surface area contributed by atoms with Crippen molar-refractivity contribution in [2.45, 2.75) is 45.1 Å². The number of nitrogens with two attached hydrogens (primary N) is 1. The van der Waals surface area contributed by atoms with Crippen molar-refractivity contribution in [3.63, 3.8) is 0 Å². The van der Waals surface area contributed by atoms with Crippen molar-refractivity contribution in [1.82, 2.24) is 5.32 Å². The van der Waals surface area contributed by atoms with E-state index < -0.39 is 0 Å². The molecule has 4 heteroatoms. The number of hydrogen-bond acceptors (Lipinski definition) is 3. The van der Waals surface area contributed by atoms with Crippen LogP contribution < -0.4 is 11.1 Å². The van der Waals surface area contributed by atoms with E-state index in [9.17, 15) is 9.90 Å². The van der Waals surface area contributed by atoms with Gasteiger partial charge in [0.1, 0.15) is 5.75 Å². The Kier molecular flexibility index (Phi) is 4.30. The van der Waals surface area contributed by atoms with Crippen molar-refractivity contribution in [1.29, 1.82) is 0 Å². The molecule has 0 bridgehead atoms.